The average molecular weight is 222 g/mol. The van der Waals surface area contributed by atoms with Crippen molar-refractivity contribution in [3.63, 3.8) is 0 Å². The molecule has 16 heavy (non-hydrogen) atoms. The third kappa shape index (κ3) is 4.00. The van der Waals surface area contributed by atoms with Crippen LogP contribution in [0, 0.1) is 0 Å². The van der Waals surface area contributed by atoms with E-state index in [-0.39, 0.29) is 31.0 Å². The van der Waals surface area contributed by atoms with Crippen LogP contribution < -0.4 is 11.1 Å². The summed E-state index contributed by atoms with van der Waals surface area (Å²) in [7, 11) is 0. The first kappa shape index (κ1) is 12.7. The van der Waals surface area contributed by atoms with Crippen LogP contribution in [0.2, 0.25) is 0 Å². The molecule has 1 aromatic carbocycles. The number of benzene rings is 1. The number of nitrogens with one attached hydrogen (secondary N) is 1. The predicted octanol–water partition coefficient (Wildman–Crippen LogP) is 0.574. The number of carbonyl (C=O) groups excluding carboxylic acids is 1. The molecule has 0 aromatic heterocycles. The quantitative estimate of drug-likeness (QED) is 0.682. The van der Waals surface area contributed by atoms with Gasteiger partial charge < -0.3 is 16.2 Å². The Bertz CT molecular complexity index is 327. The molecule has 0 fully saturated rings. The highest BCUT2D eigenvalue weighted by Gasteiger charge is 2.12. The van der Waals surface area contributed by atoms with E-state index in [9.17, 15) is 4.79 Å². The van der Waals surface area contributed by atoms with Crippen molar-refractivity contribution in [2.75, 3.05) is 6.61 Å². The van der Waals surface area contributed by atoms with Crippen molar-refractivity contribution in [1.29, 1.82) is 0 Å². The molecule has 0 saturated heterocycles. The minimum absolute atomic E-state index is 0.0632. The highest BCUT2D eigenvalue weighted by molar-refractivity contribution is 5.77. The third-order valence-corrected chi connectivity index (χ3v) is 2.31. The van der Waals surface area contributed by atoms with Crippen molar-refractivity contribution in [3.8, 4) is 0 Å². The first-order chi connectivity index (χ1) is 7.63. The molecule has 88 valence electrons. The lowest BCUT2D eigenvalue weighted by Crippen LogP contribution is -2.36. The van der Waals surface area contributed by atoms with E-state index in [2.05, 4.69) is 5.32 Å². The van der Waals surface area contributed by atoms with Crippen molar-refractivity contribution in [1.82, 2.24) is 5.32 Å². The number of hydrogen-bond donors (Lipinski definition) is 3. The second-order valence-corrected chi connectivity index (χ2v) is 3.87. The standard InChI is InChI=1S/C12H18N2O2/c1-9(8-15)14-12(16)7-11(13)10-5-3-2-4-6-10/h2-6,9,11,15H,7-8,13H2,1H3,(H,14,16)/t9-,11?/m0/s1. The van der Waals surface area contributed by atoms with Gasteiger partial charge in [0.1, 0.15) is 0 Å². The summed E-state index contributed by atoms with van der Waals surface area (Å²) in [6.07, 6.45) is 0.231. The number of nitrogens with two attached hydrogens (primary N) is 1. The van der Waals surface area contributed by atoms with Crippen LogP contribution in [0.1, 0.15) is 24.9 Å². The fourth-order valence-electron chi connectivity index (χ4n) is 1.40. The smallest absolute Gasteiger partial charge is 0.222 e. The van der Waals surface area contributed by atoms with Crippen molar-refractivity contribution in [2.45, 2.75) is 25.4 Å². The molecule has 1 aromatic rings. The molecular formula is C12H18N2O2. The summed E-state index contributed by atoms with van der Waals surface area (Å²) in [4.78, 5) is 11.5. The van der Waals surface area contributed by atoms with E-state index < -0.39 is 0 Å². The molecule has 4 heteroatoms. The van der Waals surface area contributed by atoms with Crippen molar-refractivity contribution >= 4 is 5.91 Å². The summed E-state index contributed by atoms with van der Waals surface area (Å²) < 4.78 is 0. The summed E-state index contributed by atoms with van der Waals surface area (Å²) >= 11 is 0. The number of carbonyl (C=O) groups is 1. The van der Waals surface area contributed by atoms with Gasteiger partial charge in [0.2, 0.25) is 5.91 Å². The molecule has 0 bridgehead atoms. The highest BCUT2D eigenvalue weighted by Crippen LogP contribution is 2.12. The van der Waals surface area contributed by atoms with Crippen LogP contribution in [-0.2, 0) is 4.79 Å². The Morgan fingerprint density at radius 2 is 2.06 bits per heavy atom. The Kier molecular flexibility index (Phi) is 4.95. The molecule has 0 spiro atoms. The monoisotopic (exact) mass is 222 g/mol. The van der Waals surface area contributed by atoms with Crippen LogP contribution >= 0.6 is 0 Å². The van der Waals surface area contributed by atoms with Crippen LogP contribution in [0.15, 0.2) is 30.3 Å². The van der Waals surface area contributed by atoms with Gasteiger partial charge in [-0.25, -0.2) is 0 Å². The third-order valence-electron chi connectivity index (χ3n) is 2.31. The van der Waals surface area contributed by atoms with Crippen molar-refractivity contribution in [2.24, 2.45) is 5.73 Å². The summed E-state index contributed by atoms with van der Waals surface area (Å²) in [5.41, 5.74) is 6.83. The van der Waals surface area contributed by atoms with Crippen LogP contribution in [0.5, 0.6) is 0 Å². The van der Waals surface area contributed by atoms with E-state index in [0.717, 1.165) is 5.56 Å². The summed E-state index contributed by atoms with van der Waals surface area (Å²) in [6, 6.07) is 8.96. The van der Waals surface area contributed by atoms with E-state index >= 15 is 0 Å². The zero-order chi connectivity index (χ0) is 12.0. The Morgan fingerprint density at radius 1 is 1.44 bits per heavy atom. The zero-order valence-electron chi connectivity index (χ0n) is 9.39. The van der Waals surface area contributed by atoms with E-state index in [1.165, 1.54) is 0 Å². The molecule has 4 N–H and O–H groups in total. The lowest BCUT2D eigenvalue weighted by atomic mass is 10.0. The van der Waals surface area contributed by atoms with Gasteiger partial charge in [-0.1, -0.05) is 30.3 Å². The normalized spacial score (nSPS) is 14.2. The second-order valence-electron chi connectivity index (χ2n) is 3.87. The lowest BCUT2D eigenvalue weighted by Gasteiger charge is -2.14. The first-order valence-electron chi connectivity index (χ1n) is 5.34. The van der Waals surface area contributed by atoms with Gasteiger partial charge in [0, 0.05) is 18.5 Å². The van der Waals surface area contributed by atoms with Gasteiger partial charge in [-0.05, 0) is 12.5 Å². The molecule has 4 nitrogen and oxygen atoms in total. The minimum atomic E-state index is -0.299. The minimum Gasteiger partial charge on any atom is -0.394 e. The van der Waals surface area contributed by atoms with E-state index in [1.54, 1.807) is 6.92 Å². The maximum Gasteiger partial charge on any atom is 0.222 e. The molecule has 1 amide bonds. The molecule has 2 atom stereocenters. The van der Waals surface area contributed by atoms with Gasteiger partial charge in [0.15, 0.2) is 0 Å². The Hall–Kier alpha value is -1.39. The summed E-state index contributed by atoms with van der Waals surface area (Å²) in [6.45, 7) is 1.68. The highest BCUT2D eigenvalue weighted by atomic mass is 16.3. The number of rotatable bonds is 5. The Morgan fingerprint density at radius 3 is 2.62 bits per heavy atom. The molecule has 1 rings (SSSR count). The molecular weight excluding hydrogens is 204 g/mol. The number of aliphatic hydroxyl groups excluding tert-OH is 1. The van der Waals surface area contributed by atoms with Crippen molar-refractivity contribution < 1.29 is 9.90 Å². The van der Waals surface area contributed by atoms with E-state index in [0.29, 0.717) is 0 Å². The Labute approximate surface area is 95.5 Å². The van der Waals surface area contributed by atoms with Gasteiger partial charge in [0.05, 0.1) is 6.61 Å². The summed E-state index contributed by atoms with van der Waals surface area (Å²) in [5.74, 6) is -0.141. The van der Waals surface area contributed by atoms with E-state index in [4.69, 9.17) is 10.8 Å². The first-order valence-corrected chi connectivity index (χ1v) is 5.34. The lowest BCUT2D eigenvalue weighted by molar-refractivity contribution is -0.122. The van der Waals surface area contributed by atoms with Crippen LogP contribution in [0.25, 0.3) is 0 Å². The average Bonchev–Trinajstić information content (AvgIpc) is 2.29. The zero-order valence-corrected chi connectivity index (χ0v) is 9.39. The molecule has 0 aliphatic carbocycles. The van der Waals surface area contributed by atoms with Gasteiger partial charge in [-0.2, -0.15) is 0 Å². The number of hydrogen-bond acceptors (Lipinski definition) is 3. The predicted molar refractivity (Wildman–Crippen MR) is 62.7 cm³/mol. The molecule has 0 radical (unpaired) electrons. The second kappa shape index (κ2) is 6.25. The molecule has 0 aliphatic heterocycles. The number of amides is 1. The molecule has 0 heterocycles. The van der Waals surface area contributed by atoms with Gasteiger partial charge >= 0.3 is 0 Å². The Balaban J connectivity index is 2.46. The summed E-state index contributed by atoms with van der Waals surface area (Å²) in [5, 5.41) is 11.5. The molecule has 0 saturated carbocycles. The fourth-order valence-corrected chi connectivity index (χ4v) is 1.40. The van der Waals surface area contributed by atoms with Crippen LogP contribution in [0.3, 0.4) is 0 Å². The van der Waals surface area contributed by atoms with Gasteiger partial charge in [-0.15, -0.1) is 0 Å². The number of aliphatic hydroxyl groups is 1. The van der Waals surface area contributed by atoms with E-state index in [1.807, 2.05) is 30.3 Å². The topological polar surface area (TPSA) is 75.3 Å². The maximum atomic E-state index is 11.5. The fraction of sp³-hybridized carbons (Fsp3) is 0.417. The van der Waals surface area contributed by atoms with Gasteiger partial charge in [-0.3, -0.25) is 4.79 Å². The van der Waals surface area contributed by atoms with Gasteiger partial charge in [0.25, 0.3) is 0 Å². The molecule has 0 aliphatic rings. The van der Waals surface area contributed by atoms with Crippen molar-refractivity contribution in [3.05, 3.63) is 35.9 Å². The van der Waals surface area contributed by atoms with Crippen LogP contribution in [0.4, 0.5) is 0 Å². The maximum absolute atomic E-state index is 11.5. The molecule has 1 unspecified atom stereocenters. The SMILES string of the molecule is C[C@@H](CO)NC(=O)CC(N)c1ccccc1. The largest absolute Gasteiger partial charge is 0.394 e. The van der Waals surface area contributed by atoms with Crippen LogP contribution in [-0.4, -0.2) is 23.7 Å².